The van der Waals surface area contributed by atoms with Crippen LogP contribution in [-0.4, -0.2) is 79.0 Å². The Kier molecular flexibility index (Phi) is 7.70. The Hall–Kier alpha value is -4.30. The van der Waals surface area contributed by atoms with Crippen molar-refractivity contribution in [1.29, 1.82) is 0 Å². The molecule has 0 spiro atoms. The number of phenols is 3. The molecular formula is C26H26O13. The quantitative estimate of drug-likeness (QED) is 0.130. The highest BCUT2D eigenvalue weighted by atomic mass is 16.7. The van der Waals surface area contributed by atoms with Gasteiger partial charge >= 0.3 is 5.97 Å². The number of allylic oxidation sites excluding steroid dienone is 1. The van der Waals surface area contributed by atoms with Gasteiger partial charge in [0.15, 0.2) is 17.3 Å². The molecule has 13 heteroatoms. The highest BCUT2D eigenvalue weighted by Gasteiger charge is 2.45. The predicted octanol–water partition coefficient (Wildman–Crippen LogP) is 0.978. The van der Waals surface area contributed by atoms with E-state index < -0.39 is 77.1 Å². The van der Waals surface area contributed by atoms with Crippen molar-refractivity contribution in [2.75, 3.05) is 6.61 Å². The summed E-state index contributed by atoms with van der Waals surface area (Å²) in [5, 5.41) is 70.8. The number of aliphatic hydroxyl groups is 3. The largest absolute Gasteiger partial charge is 0.507 e. The van der Waals surface area contributed by atoms with E-state index in [4.69, 9.17) is 18.6 Å². The van der Waals surface area contributed by atoms with Gasteiger partial charge < -0.3 is 54.4 Å². The molecule has 4 rings (SSSR count). The van der Waals surface area contributed by atoms with Crippen molar-refractivity contribution in [2.24, 2.45) is 0 Å². The highest BCUT2D eigenvalue weighted by Crippen LogP contribution is 2.38. The van der Waals surface area contributed by atoms with Gasteiger partial charge in [-0.15, -0.1) is 0 Å². The van der Waals surface area contributed by atoms with Crippen LogP contribution in [0.5, 0.6) is 28.7 Å². The van der Waals surface area contributed by atoms with Crippen molar-refractivity contribution < 1.29 is 59.2 Å². The summed E-state index contributed by atoms with van der Waals surface area (Å²) < 4.78 is 21.8. The maximum atomic E-state index is 12.8. The first kappa shape index (κ1) is 27.7. The zero-order valence-electron chi connectivity index (χ0n) is 20.6. The molecule has 0 radical (unpaired) electrons. The number of esters is 1. The van der Waals surface area contributed by atoms with Crippen molar-refractivity contribution >= 4 is 16.9 Å². The Labute approximate surface area is 220 Å². The summed E-state index contributed by atoms with van der Waals surface area (Å²) in [5.41, 5.74) is -0.946. The number of hydrogen-bond donors (Lipinski definition) is 7. The van der Waals surface area contributed by atoms with E-state index in [1.165, 1.54) is 19.1 Å². The van der Waals surface area contributed by atoms with Gasteiger partial charge in [-0.3, -0.25) is 4.79 Å². The number of aromatic hydroxyl groups is 4. The molecule has 7 N–H and O–H groups in total. The number of rotatable bonds is 6. The molecule has 1 aliphatic heterocycles. The van der Waals surface area contributed by atoms with Crippen LogP contribution in [0.4, 0.5) is 0 Å². The Morgan fingerprint density at radius 1 is 0.974 bits per heavy atom. The van der Waals surface area contributed by atoms with Gasteiger partial charge in [0, 0.05) is 23.3 Å². The van der Waals surface area contributed by atoms with Gasteiger partial charge in [-0.1, -0.05) is 6.08 Å². The number of benzene rings is 2. The molecule has 0 aliphatic carbocycles. The SMILES string of the molecule is C/C=C(\C)C(=O)OCC1O[C@@H](Oc2cc(O)c3c(=O)c(O)c(-c4ccc(O)c(O)c4)oc3c2)C(O)[C@@H](O)[C@@H]1O. The second-order valence-electron chi connectivity index (χ2n) is 8.83. The Morgan fingerprint density at radius 2 is 1.69 bits per heavy atom. The zero-order valence-corrected chi connectivity index (χ0v) is 20.6. The number of carbonyl (C=O) groups is 1. The molecule has 0 amide bonds. The van der Waals surface area contributed by atoms with Gasteiger partial charge in [-0.05, 0) is 32.0 Å². The molecule has 13 nitrogen and oxygen atoms in total. The zero-order chi connectivity index (χ0) is 28.6. The standard InChI is InChI=1S/C26H26O13/c1-3-10(2)25(35)36-9-17-19(30)21(32)23(34)26(39-17)37-12-7-15(29)18-16(8-12)38-24(22(33)20(18)31)11-4-5-13(27)14(28)6-11/h3-8,17,19,21,23,26-30,32-34H,9H2,1-2H3/b10-3+/t17?,19-,21+,23?,26-/m1/s1. The average molecular weight is 546 g/mol. The minimum Gasteiger partial charge on any atom is -0.507 e. The molecule has 208 valence electrons. The summed E-state index contributed by atoms with van der Waals surface area (Å²) in [6.45, 7) is 2.67. The molecule has 2 heterocycles. The molecule has 1 fully saturated rings. The summed E-state index contributed by atoms with van der Waals surface area (Å²) in [6, 6.07) is 5.53. The fraction of sp³-hybridized carbons (Fsp3) is 0.308. The van der Waals surface area contributed by atoms with Crippen LogP contribution in [0.25, 0.3) is 22.3 Å². The van der Waals surface area contributed by atoms with Crippen LogP contribution in [0.2, 0.25) is 0 Å². The summed E-state index contributed by atoms with van der Waals surface area (Å²) in [4.78, 5) is 24.7. The highest BCUT2D eigenvalue weighted by molar-refractivity contribution is 5.88. The molecule has 1 aromatic heterocycles. The molecule has 0 bridgehead atoms. The molecule has 0 saturated carbocycles. The molecule has 39 heavy (non-hydrogen) atoms. The maximum absolute atomic E-state index is 12.8. The van der Waals surface area contributed by atoms with Gasteiger partial charge in [0.2, 0.25) is 17.5 Å². The third-order valence-electron chi connectivity index (χ3n) is 6.22. The van der Waals surface area contributed by atoms with E-state index in [0.29, 0.717) is 5.57 Å². The van der Waals surface area contributed by atoms with Crippen LogP contribution in [0, 0.1) is 0 Å². The number of aliphatic hydroxyl groups excluding tert-OH is 3. The fourth-order valence-corrected chi connectivity index (χ4v) is 3.87. The minimum absolute atomic E-state index is 0.0290. The summed E-state index contributed by atoms with van der Waals surface area (Å²) in [5.74, 6) is -3.79. The molecule has 2 aromatic carbocycles. The van der Waals surface area contributed by atoms with Crippen LogP contribution in [0.1, 0.15) is 13.8 Å². The monoisotopic (exact) mass is 546 g/mol. The van der Waals surface area contributed by atoms with Crippen molar-refractivity contribution in [1.82, 2.24) is 0 Å². The lowest BCUT2D eigenvalue weighted by molar-refractivity contribution is -0.278. The third kappa shape index (κ3) is 5.33. The van der Waals surface area contributed by atoms with Gasteiger partial charge in [0.1, 0.15) is 53.5 Å². The number of phenolic OH excluding ortho intramolecular Hbond substituents is 3. The minimum atomic E-state index is -1.77. The van der Waals surface area contributed by atoms with E-state index in [2.05, 4.69) is 0 Å². The lowest BCUT2D eigenvalue weighted by Crippen LogP contribution is -2.60. The van der Waals surface area contributed by atoms with Crippen LogP contribution in [0.15, 0.2) is 51.2 Å². The fourth-order valence-electron chi connectivity index (χ4n) is 3.87. The van der Waals surface area contributed by atoms with E-state index in [1.807, 2.05) is 0 Å². The van der Waals surface area contributed by atoms with Gasteiger partial charge in [0.05, 0.1) is 0 Å². The molecule has 5 atom stereocenters. The van der Waals surface area contributed by atoms with Gasteiger partial charge in [-0.2, -0.15) is 0 Å². The second-order valence-corrected chi connectivity index (χ2v) is 8.83. The average Bonchev–Trinajstić information content (AvgIpc) is 2.90. The van der Waals surface area contributed by atoms with Crippen LogP contribution >= 0.6 is 0 Å². The van der Waals surface area contributed by atoms with Crippen LogP contribution in [-0.2, 0) is 14.3 Å². The van der Waals surface area contributed by atoms with Crippen molar-refractivity contribution in [3.63, 3.8) is 0 Å². The van der Waals surface area contributed by atoms with Crippen molar-refractivity contribution in [3.05, 3.63) is 52.2 Å². The molecular weight excluding hydrogens is 520 g/mol. The van der Waals surface area contributed by atoms with E-state index in [1.54, 1.807) is 6.92 Å². The smallest absolute Gasteiger partial charge is 0.333 e. The van der Waals surface area contributed by atoms with Crippen molar-refractivity contribution in [3.8, 4) is 40.1 Å². The van der Waals surface area contributed by atoms with Gasteiger partial charge in [-0.25, -0.2) is 4.79 Å². The molecule has 3 aromatic rings. The lowest BCUT2D eigenvalue weighted by Gasteiger charge is -2.39. The summed E-state index contributed by atoms with van der Waals surface area (Å²) in [6.07, 6.45) is -6.56. The first-order valence-corrected chi connectivity index (χ1v) is 11.6. The molecule has 1 aliphatic rings. The summed E-state index contributed by atoms with van der Waals surface area (Å²) in [7, 11) is 0. The summed E-state index contributed by atoms with van der Waals surface area (Å²) >= 11 is 0. The second kappa shape index (κ2) is 10.8. The first-order valence-electron chi connectivity index (χ1n) is 11.6. The van der Waals surface area contributed by atoms with Crippen LogP contribution in [0.3, 0.4) is 0 Å². The predicted molar refractivity (Wildman–Crippen MR) is 132 cm³/mol. The third-order valence-corrected chi connectivity index (χ3v) is 6.22. The van der Waals surface area contributed by atoms with E-state index >= 15 is 0 Å². The number of carbonyl (C=O) groups excluding carboxylic acids is 1. The number of hydrogen-bond acceptors (Lipinski definition) is 13. The number of fused-ring (bicyclic) bond motifs is 1. The normalized spacial score (nSPS) is 23.5. The van der Waals surface area contributed by atoms with Gasteiger partial charge in [0.25, 0.3) is 0 Å². The van der Waals surface area contributed by atoms with Crippen LogP contribution < -0.4 is 10.2 Å². The molecule has 1 saturated heterocycles. The Morgan fingerprint density at radius 3 is 2.36 bits per heavy atom. The maximum Gasteiger partial charge on any atom is 0.333 e. The lowest BCUT2D eigenvalue weighted by atomic mass is 9.99. The Balaban J connectivity index is 1.65. The topological polar surface area (TPSA) is 217 Å². The van der Waals surface area contributed by atoms with E-state index in [0.717, 1.165) is 24.3 Å². The molecule has 2 unspecified atom stereocenters. The van der Waals surface area contributed by atoms with E-state index in [9.17, 15) is 45.3 Å². The first-order chi connectivity index (χ1) is 18.4. The van der Waals surface area contributed by atoms with Crippen molar-refractivity contribution in [2.45, 2.75) is 44.6 Å². The number of ether oxygens (including phenoxy) is 3. The Bertz CT molecular complexity index is 1490. The van der Waals surface area contributed by atoms with E-state index in [-0.39, 0.29) is 22.7 Å².